The molecule has 5 aromatic rings. The van der Waals surface area contributed by atoms with E-state index in [0.717, 1.165) is 16.8 Å². The number of carbonyl (C=O) groups is 1. The number of anilines is 1. The van der Waals surface area contributed by atoms with Crippen LogP contribution in [0.25, 0.3) is 22.3 Å². The number of rotatable bonds is 11. The highest BCUT2D eigenvalue weighted by Gasteiger charge is 2.31. The summed E-state index contributed by atoms with van der Waals surface area (Å²) in [4.78, 5) is 30.7. The number of alkyl halides is 3. The van der Waals surface area contributed by atoms with Crippen LogP contribution < -0.4 is 20.3 Å². The molecule has 1 aromatic heterocycles. The lowest BCUT2D eigenvalue weighted by molar-refractivity contribution is -0.137. The van der Waals surface area contributed by atoms with Crippen molar-refractivity contribution in [2.45, 2.75) is 19.5 Å². The van der Waals surface area contributed by atoms with Crippen molar-refractivity contribution in [1.82, 2.24) is 9.66 Å². The molecular weight excluding hydrogens is 633 g/mol. The zero-order valence-corrected chi connectivity index (χ0v) is 25.8. The molecule has 12 heteroatoms. The van der Waals surface area contributed by atoms with Crippen LogP contribution in [0, 0.1) is 0 Å². The number of amides is 1. The van der Waals surface area contributed by atoms with Gasteiger partial charge in [0.25, 0.3) is 11.5 Å². The summed E-state index contributed by atoms with van der Waals surface area (Å²) < 4.78 is 53.4. The fourth-order valence-electron chi connectivity index (χ4n) is 4.74. The van der Waals surface area contributed by atoms with Gasteiger partial charge >= 0.3 is 6.18 Å². The Morgan fingerprint density at radius 1 is 1.04 bits per heavy atom. The van der Waals surface area contributed by atoms with Gasteiger partial charge in [0.2, 0.25) is 0 Å². The number of ether oxygens (including phenoxy) is 2. The molecule has 0 saturated heterocycles. The third-order valence-electron chi connectivity index (χ3n) is 6.82. The van der Waals surface area contributed by atoms with Gasteiger partial charge in [0.1, 0.15) is 0 Å². The van der Waals surface area contributed by atoms with Crippen LogP contribution in [0.15, 0.2) is 107 Å². The van der Waals surface area contributed by atoms with E-state index < -0.39 is 23.2 Å². The van der Waals surface area contributed by atoms with E-state index in [1.54, 1.807) is 73.7 Å². The highest BCUT2D eigenvalue weighted by Crippen LogP contribution is 2.34. The average molecular weight is 661 g/mol. The van der Waals surface area contributed by atoms with Crippen molar-refractivity contribution < 1.29 is 27.4 Å². The minimum Gasteiger partial charge on any atom is -0.490 e. The number of carbonyl (C=O) groups excluding carboxylic acids is 1. The predicted molar refractivity (Wildman–Crippen MR) is 177 cm³/mol. The first kappa shape index (κ1) is 33.0. The van der Waals surface area contributed by atoms with Crippen molar-refractivity contribution in [1.29, 1.82) is 0 Å². The summed E-state index contributed by atoms with van der Waals surface area (Å²) in [6.07, 6.45) is -1.24. The van der Waals surface area contributed by atoms with Gasteiger partial charge in [0.05, 0.1) is 29.3 Å². The molecule has 0 aliphatic heterocycles. The lowest BCUT2D eigenvalue weighted by Gasteiger charge is -2.17. The topological polar surface area (TPSA) is 94.8 Å². The molecule has 1 heterocycles. The van der Waals surface area contributed by atoms with E-state index >= 15 is 0 Å². The highest BCUT2D eigenvalue weighted by atomic mass is 35.5. The van der Waals surface area contributed by atoms with Gasteiger partial charge in [-0.25, -0.2) is 4.98 Å². The molecule has 0 spiro atoms. The number of aromatic nitrogens is 2. The first-order valence-corrected chi connectivity index (χ1v) is 14.8. The number of para-hydroxylation sites is 1. The van der Waals surface area contributed by atoms with Crippen molar-refractivity contribution in [3.63, 3.8) is 0 Å². The highest BCUT2D eigenvalue weighted by molar-refractivity contribution is 6.30. The van der Waals surface area contributed by atoms with Gasteiger partial charge in [-0.2, -0.15) is 22.9 Å². The molecule has 0 fully saturated rings. The van der Waals surface area contributed by atoms with Gasteiger partial charge < -0.3 is 14.8 Å². The smallest absolute Gasteiger partial charge is 0.416 e. The van der Waals surface area contributed by atoms with E-state index in [1.807, 2.05) is 0 Å². The minimum atomic E-state index is -4.60. The lowest BCUT2D eigenvalue weighted by Crippen LogP contribution is -2.21. The summed E-state index contributed by atoms with van der Waals surface area (Å²) in [5.41, 5.74) is 0.566. The molecule has 4 aromatic carbocycles. The van der Waals surface area contributed by atoms with Gasteiger partial charge in [-0.3, -0.25) is 9.59 Å². The first-order chi connectivity index (χ1) is 22.6. The largest absolute Gasteiger partial charge is 0.490 e. The molecule has 0 saturated carbocycles. The van der Waals surface area contributed by atoms with Crippen molar-refractivity contribution >= 4 is 40.3 Å². The van der Waals surface area contributed by atoms with Crippen LogP contribution in [0.2, 0.25) is 5.02 Å². The summed E-state index contributed by atoms with van der Waals surface area (Å²) in [5, 5.41) is 7.90. The Hall–Kier alpha value is -5.42. The normalized spacial score (nSPS) is 11.5. The third kappa shape index (κ3) is 7.87. The third-order valence-corrected chi connectivity index (χ3v) is 7.07. The second kappa shape index (κ2) is 14.3. The molecule has 5 rings (SSSR count). The van der Waals surface area contributed by atoms with E-state index in [4.69, 9.17) is 21.1 Å². The Balaban J connectivity index is 1.52. The molecule has 0 radical (unpaired) electrons. The van der Waals surface area contributed by atoms with Crippen molar-refractivity contribution in [3.8, 4) is 22.9 Å². The van der Waals surface area contributed by atoms with Crippen molar-refractivity contribution in [2.75, 3.05) is 18.5 Å². The van der Waals surface area contributed by atoms with Gasteiger partial charge in [0.15, 0.2) is 23.9 Å². The maximum atomic E-state index is 13.6. The summed E-state index contributed by atoms with van der Waals surface area (Å²) in [6, 6.07) is 21.0. The maximum absolute atomic E-state index is 13.6. The Kier molecular flexibility index (Phi) is 10.1. The van der Waals surface area contributed by atoms with E-state index in [0.29, 0.717) is 45.3 Å². The van der Waals surface area contributed by atoms with Crippen molar-refractivity contribution in [3.05, 3.63) is 130 Å². The minimum absolute atomic E-state index is 0.0582. The number of benzene rings is 4. The van der Waals surface area contributed by atoms with Crippen LogP contribution in [-0.4, -0.2) is 35.0 Å². The average Bonchev–Trinajstić information content (AvgIpc) is 3.05. The van der Waals surface area contributed by atoms with Gasteiger partial charge in [-0.15, -0.1) is 6.58 Å². The van der Waals surface area contributed by atoms with E-state index in [2.05, 4.69) is 22.0 Å². The Labute approximate surface area is 272 Å². The number of fused-ring (bicyclic) bond motifs is 1. The molecule has 0 unspecified atom stereocenters. The molecule has 0 aliphatic carbocycles. The number of halogens is 4. The van der Waals surface area contributed by atoms with E-state index in [9.17, 15) is 22.8 Å². The molecule has 8 nitrogen and oxygen atoms in total. The standard InChI is InChI=1S/C35H28ClF3N4O4/c1-3-8-23-17-22(18-30(46-4-2)32(23)47-21-31(44)41-27-15-13-26(36)14-16-27)20-40-43-33(24-9-7-10-25(19-24)35(37,38)39)42-29-12-6-5-11-28(29)34(43)45/h3,5-7,9-20H,1,4,8,21H2,2H3,(H,41,44). The molecule has 240 valence electrons. The van der Waals surface area contributed by atoms with Gasteiger partial charge in [-0.1, -0.05) is 41.9 Å². The number of nitrogens with zero attached hydrogens (tertiary/aromatic N) is 3. The van der Waals surface area contributed by atoms with Gasteiger partial charge in [0, 0.05) is 21.8 Å². The van der Waals surface area contributed by atoms with E-state index in [-0.39, 0.29) is 30.0 Å². The zero-order valence-electron chi connectivity index (χ0n) is 25.1. The SMILES string of the molecule is C=CCc1cc(C=Nn2c(-c3cccc(C(F)(F)F)c3)nc3ccccc3c2=O)cc(OCC)c1OCC(=O)Nc1ccc(Cl)cc1. The van der Waals surface area contributed by atoms with Gasteiger partial charge in [-0.05, 0) is 79.6 Å². The maximum Gasteiger partial charge on any atom is 0.416 e. The number of nitrogens with one attached hydrogen (secondary N) is 1. The summed E-state index contributed by atoms with van der Waals surface area (Å²) in [5.74, 6) is 0.161. The lowest BCUT2D eigenvalue weighted by atomic mass is 10.1. The summed E-state index contributed by atoms with van der Waals surface area (Å²) >= 11 is 5.91. The molecular formula is C35H28ClF3N4O4. The van der Waals surface area contributed by atoms with Crippen LogP contribution in [0.5, 0.6) is 11.5 Å². The molecule has 47 heavy (non-hydrogen) atoms. The van der Waals surface area contributed by atoms with Crippen LogP contribution >= 0.6 is 11.6 Å². The summed E-state index contributed by atoms with van der Waals surface area (Å²) in [7, 11) is 0. The quantitative estimate of drug-likeness (QED) is 0.115. The summed E-state index contributed by atoms with van der Waals surface area (Å²) in [6.45, 7) is 5.55. The van der Waals surface area contributed by atoms with Crippen LogP contribution in [0.3, 0.4) is 0 Å². The van der Waals surface area contributed by atoms with Crippen LogP contribution in [-0.2, 0) is 17.4 Å². The molecule has 0 bridgehead atoms. The zero-order chi connectivity index (χ0) is 33.6. The molecule has 0 aliphatic rings. The second-order valence-corrected chi connectivity index (χ2v) is 10.6. The predicted octanol–water partition coefficient (Wildman–Crippen LogP) is 7.76. The Morgan fingerprint density at radius 2 is 1.81 bits per heavy atom. The fraction of sp³-hybridized carbons (Fsp3) is 0.143. The van der Waals surface area contributed by atoms with Crippen molar-refractivity contribution in [2.24, 2.45) is 5.10 Å². The number of hydrogen-bond acceptors (Lipinski definition) is 6. The fourth-order valence-corrected chi connectivity index (χ4v) is 4.86. The number of hydrogen-bond donors (Lipinski definition) is 1. The monoisotopic (exact) mass is 660 g/mol. The van der Waals surface area contributed by atoms with E-state index in [1.165, 1.54) is 18.3 Å². The second-order valence-electron chi connectivity index (χ2n) is 10.2. The van der Waals surface area contributed by atoms with Crippen LogP contribution in [0.4, 0.5) is 18.9 Å². The Morgan fingerprint density at radius 3 is 2.53 bits per heavy atom. The molecule has 1 N–H and O–H groups in total. The molecule has 1 amide bonds. The first-order valence-electron chi connectivity index (χ1n) is 14.4. The molecule has 0 atom stereocenters. The van der Waals surface area contributed by atoms with Crippen LogP contribution in [0.1, 0.15) is 23.6 Å². The Bertz CT molecular complexity index is 2030. The number of allylic oxidation sites excluding steroid dienone is 1.